The van der Waals surface area contributed by atoms with E-state index in [1.807, 2.05) is 46.3 Å². The van der Waals surface area contributed by atoms with Crippen molar-refractivity contribution in [2.24, 2.45) is 0 Å². The van der Waals surface area contributed by atoms with E-state index < -0.39 is 6.09 Å². The number of ether oxygens (including phenoxy) is 1. The molecule has 10 nitrogen and oxygen atoms in total. The lowest BCUT2D eigenvalue weighted by atomic mass is 10.1. The van der Waals surface area contributed by atoms with Crippen LogP contribution in [0.15, 0.2) is 49.2 Å². The number of hydrogen-bond acceptors (Lipinski definition) is 6. The maximum atomic E-state index is 11.2. The highest BCUT2D eigenvalue weighted by Gasteiger charge is 2.26. The highest BCUT2D eigenvalue weighted by Crippen LogP contribution is 2.35. The lowest BCUT2D eigenvalue weighted by Crippen LogP contribution is -2.38. The average Bonchev–Trinajstić information content (AvgIpc) is 3.55. The molecule has 4 aromatic rings. The summed E-state index contributed by atoms with van der Waals surface area (Å²) in [4.78, 5) is 21.7. The third-order valence-corrected chi connectivity index (χ3v) is 6.96. The van der Waals surface area contributed by atoms with Crippen LogP contribution in [0, 0.1) is 0 Å². The van der Waals surface area contributed by atoms with Gasteiger partial charge in [0.15, 0.2) is 6.23 Å². The number of carboxylic acid groups (broad SMARTS) is 1. The third-order valence-electron chi connectivity index (χ3n) is 6.96. The summed E-state index contributed by atoms with van der Waals surface area (Å²) in [6.07, 6.45) is 12.9. The number of aromatic nitrogens is 6. The van der Waals surface area contributed by atoms with Gasteiger partial charge in [-0.1, -0.05) is 0 Å². The Labute approximate surface area is 202 Å². The number of amides is 1. The number of likely N-dealkylation sites (tertiary alicyclic amines) is 1. The lowest BCUT2D eigenvalue weighted by Gasteiger charge is -2.29. The summed E-state index contributed by atoms with van der Waals surface area (Å²) in [6.45, 7) is 1.77. The van der Waals surface area contributed by atoms with Crippen molar-refractivity contribution in [1.29, 1.82) is 0 Å². The van der Waals surface area contributed by atoms with Crippen LogP contribution in [-0.2, 0) is 4.74 Å². The van der Waals surface area contributed by atoms with Crippen LogP contribution < -0.4 is 0 Å². The van der Waals surface area contributed by atoms with Crippen LogP contribution in [0.4, 0.5) is 4.79 Å². The van der Waals surface area contributed by atoms with E-state index in [-0.39, 0.29) is 12.3 Å². The zero-order valence-corrected chi connectivity index (χ0v) is 19.3. The molecular formula is C25H27N7O3. The van der Waals surface area contributed by atoms with E-state index in [1.54, 1.807) is 6.20 Å². The summed E-state index contributed by atoms with van der Waals surface area (Å²) >= 11 is 0. The number of carbonyl (C=O) groups is 1. The van der Waals surface area contributed by atoms with Crippen molar-refractivity contribution in [3.63, 3.8) is 0 Å². The molecule has 0 radical (unpaired) electrons. The van der Waals surface area contributed by atoms with E-state index in [1.165, 1.54) is 4.90 Å². The summed E-state index contributed by atoms with van der Waals surface area (Å²) in [5, 5.41) is 19.9. The van der Waals surface area contributed by atoms with Crippen molar-refractivity contribution < 1.29 is 14.6 Å². The molecule has 2 aliphatic heterocycles. The molecule has 180 valence electrons. The number of rotatable bonds is 4. The molecule has 10 heteroatoms. The van der Waals surface area contributed by atoms with Gasteiger partial charge in [-0.25, -0.2) is 9.48 Å². The number of hydrogen-bond donors (Lipinski definition) is 1. The monoisotopic (exact) mass is 473 g/mol. The van der Waals surface area contributed by atoms with Crippen LogP contribution in [0.2, 0.25) is 0 Å². The SMILES string of the molecule is O=C(O)N1CCC(n2cc(-c3nn(C4CCCCO4)c4cnc(-c5cccnc5)cc34)cn2)CC1. The van der Waals surface area contributed by atoms with Crippen LogP contribution in [0.25, 0.3) is 33.4 Å². The molecule has 1 N–H and O–H groups in total. The molecule has 2 aliphatic rings. The number of pyridine rings is 2. The summed E-state index contributed by atoms with van der Waals surface area (Å²) in [6, 6.07) is 6.14. The summed E-state index contributed by atoms with van der Waals surface area (Å²) in [5.74, 6) is 0. The van der Waals surface area contributed by atoms with E-state index in [0.717, 1.165) is 72.1 Å². The zero-order valence-electron chi connectivity index (χ0n) is 19.3. The molecule has 6 heterocycles. The molecule has 35 heavy (non-hydrogen) atoms. The second-order valence-electron chi connectivity index (χ2n) is 9.15. The number of fused-ring (bicyclic) bond motifs is 1. The molecule has 0 spiro atoms. The largest absolute Gasteiger partial charge is 0.465 e. The molecule has 4 aromatic heterocycles. The van der Waals surface area contributed by atoms with Gasteiger partial charge in [0.1, 0.15) is 5.69 Å². The van der Waals surface area contributed by atoms with Gasteiger partial charge in [-0.3, -0.25) is 14.6 Å². The quantitative estimate of drug-likeness (QED) is 0.468. The van der Waals surface area contributed by atoms with Crippen molar-refractivity contribution >= 4 is 17.0 Å². The first-order valence-corrected chi connectivity index (χ1v) is 12.1. The van der Waals surface area contributed by atoms with Crippen LogP contribution in [0.1, 0.15) is 44.4 Å². The Morgan fingerprint density at radius 1 is 1.09 bits per heavy atom. The molecule has 1 atom stereocenters. The number of piperidine rings is 1. The minimum Gasteiger partial charge on any atom is -0.465 e. The second kappa shape index (κ2) is 9.10. The topological polar surface area (TPSA) is 111 Å². The fraction of sp³-hybridized carbons (Fsp3) is 0.400. The Hall–Kier alpha value is -3.79. The fourth-order valence-corrected chi connectivity index (χ4v) is 5.04. The van der Waals surface area contributed by atoms with Gasteiger partial charge in [0, 0.05) is 54.8 Å². The maximum absolute atomic E-state index is 11.2. The molecule has 1 unspecified atom stereocenters. The van der Waals surface area contributed by atoms with Crippen molar-refractivity contribution in [2.45, 2.75) is 44.4 Å². The Balaban J connectivity index is 1.38. The molecule has 1 amide bonds. The van der Waals surface area contributed by atoms with Gasteiger partial charge < -0.3 is 14.7 Å². The average molecular weight is 474 g/mol. The Kier molecular flexibility index (Phi) is 5.65. The number of nitrogens with zero attached hydrogens (tertiary/aromatic N) is 7. The van der Waals surface area contributed by atoms with Gasteiger partial charge in [-0.2, -0.15) is 10.2 Å². The summed E-state index contributed by atoms with van der Waals surface area (Å²) < 4.78 is 9.98. The molecule has 2 saturated heterocycles. The zero-order chi connectivity index (χ0) is 23.8. The molecule has 2 fully saturated rings. The first-order valence-electron chi connectivity index (χ1n) is 12.1. The van der Waals surface area contributed by atoms with Crippen molar-refractivity contribution in [2.75, 3.05) is 19.7 Å². The van der Waals surface area contributed by atoms with E-state index in [9.17, 15) is 9.90 Å². The van der Waals surface area contributed by atoms with Crippen LogP contribution in [-0.4, -0.2) is 65.3 Å². The maximum Gasteiger partial charge on any atom is 0.407 e. The van der Waals surface area contributed by atoms with Gasteiger partial charge in [-0.15, -0.1) is 0 Å². The molecule has 0 bridgehead atoms. The van der Waals surface area contributed by atoms with Crippen LogP contribution in [0.5, 0.6) is 0 Å². The second-order valence-corrected chi connectivity index (χ2v) is 9.15. The highest BCUT2D eigenvalue weighted by atomic mass is 16.5. The third kappa shape index (κ3) is 4.14. The van der Waals surface area contributed by atoms with E-state index >= 15 is 0 Å². The fourth-order valence-electron chi connectivity index (χ4n) is 5.04. The van der Waals surface area contributed by atoms with Crippen molar-refractivity contribution in [3.05, 3.63) is 49.2 Å². The van der Waals surface area contributed by atoms with Crippen molar-refractivity contribution in [1.82, 2.24) is 34.4 Å². The van der Waals surface area contributed by atoms with Gasteiger partial charge in [0.05, 0.1) is 29.6 Å². The van der Waals surface area contributed by atoms with Gasteiger partial charge >= 0.3 is 6.09 Å². The van der Waals surface area contributed by atoms with Crippen LogP contribution >= 0.6 is 0 Å². The predicted molar refractivity (Wildman–Crippen MR) is 129 cm³/mol. The first-order chi connectivity index (χ1) is 17.2. The Morgan fingerprint density at radius 3 is 2.71 bits per heavy atom. The van der Waals surface area contributed by atoms with E-state index in [4.69, 9.17) is 14.8 Å². The minimum atomic E-state index is -0.857. The van der Waals surface area contributed by atoms with Gasteiger partial charge in [0.25, 0.3) is 0 Å². The lowest BCUT2D eigenvalue weighted by molar-refractivity contribution is -0.0365. The van der Waals surface area contributed by atoms with E-state index in [2.05, 4.69) is 16.1 Å². The Bertz CT molecular complexity index is 1340. The van der Waals surface area contributed by atoms with Crippen LogP contribution in [0.3, 0.4) is 0 Å². The standard InChI is InChI=1S/C25H27N7O3/c33-25(34)30-9-6-19(7-10-30)31-16-18(14-28-31)24-20-12-21(17-4-3-8-26-13-17)27-15-22(20)32(29-24)23-5-1-2-11-35-23/h3-4,8,12-16,19,23H,1-2,5-7,9-11H2,(H,33,34). The normalized spacial score (nSPS) is 19.3. The Morgan fingerprint density at radius 2 is 1.97 bits per heavy atom. The van der Waals surface area contributed by atoms with Gasteiger partial charge in [0.2, 0.25) is 0 Å². The van der Waals surface area contributed by atoms with Crippen molar-refractivity contribution in [3.8, 4) is 22.5 Å². The summed E-state index contributed by atoms with van der Waals surface area (Å²) in [7, 11) is 0. The molecule has 0 aromatic carbocycles. The molecular weight excluding hydrogens is 446 g/mol. The molecule has 0 aliphatic carbocycles. The first kappa shape index (κ1) is 21.7. The molecule has 0 saturated carbocycles. The van der Waals surface area contributed by atoms with E-state index in [0.29, 0.717) is 13.1 Å². The predicted octanol–water partition coefficient (Wildman–Crippen LogP) is 4.37. The minimum absolute atomic E-state index is 0.110. The van der Waals surface area contributed by atoms with Gasteiger partial charge in [-0.05, 0) is 50.3 Å². The smallest absolute Gasteiger partial charge is 0.407 e. The highest BCUT2D eigenvalue weighted by molar-refractivity contribution is 5.94. The molecule has 6 rings (SSSR count). The summed E-state index contributed by atoms with van der Waals surface area (Å²) in [5.41, 5.74) is 4.49.